The van der Waals surface area contributed by atoms with Crippen molar-refractivity contribution in [3.05, 3.63) is 52.2 Å². The van der Waals surface area contributed by atoms with Gasteiger partial charge in [-0.1, -0.05) is 25.1 Å². The fourth-order valence-corrected chi connectivity index (χ4v) is 4.95. The van der Waals surface area contributed by atoms with Crippen LogP contribution in [0.5, 0.6) is 0 Å². The molecule has 0 amide bonds. The van der Waals surface area contributed by atoms with Crippen LogP contribution in [0.25, 0.3) is 0 Å². The van der Waals surface area contributed by atoms with Crippen LogP contribution in [0, 0.1) is 0 Å². The third-order valence-electron chi connectivity index (χ3n) is 4.05. The lowest BCUT2D eigenvalue weighted by atomic mass is 10.2. The average molecular weight is 335 g/mol. The summed E-state index contributed by atoms with van der Waals surface area (Å²) in [5.74, 6) is 0. The van der Waals surface area contributed by atoms with Crippen molar-refractivity contribution in [1.29, 1.82) is 0 Å². The van der Waals surface area contributed by atoms with Crippen LogP contribution in [0.3, 0.4) is 0 Å². The molecule has 118 valence electrons. The highest BCUT2D eigenvalue weighted by atomic mass is 32.2. The topological polar surface area (TPSA) is 37.4 Å². The maximum Gasteiger partial charge on any atom is 0.243 e. The smallest absolute Gasteiger partial charge is 0.207 e. The summed E-state index contributed by atoms with van der Waals surface area (Å²) in [7, 11) is -3.38. The molecule has 0 bridgehead atoms. The molecule has 0 radical (unpaired) electrons. The van der Waals surface area contributed by atoms with Crippen LogP contribution < -0.4 is 0 Å². The van der Waals surface area contributed by atoms with Gasteiger partial charge >= 0.3 is 0 Å². The lowest BCUT2D eigenvalue weighted by Gasteiger charge is -2.21. The second-order valence-electron chi connectivity index (χ2n) is 5.67. The Balaban J connectivity index is 1.79. The Hall–Kier alpha value is -1.17. The minimum Gasteiger partial charge on any atom is -0.207 e. The van der Waals surface area contributed by atoms with Crippen LogP contribution in [-0.4, -0.2) is 25.3 Å². The molecule has 1 fully saturated rings. The lowest BCUT2D eigenvalue weighted by Crippen LogP contribution is -2.34. The van der Waals surface area contributed by atoms with E-state index in [4.69, 9.17) is 0 Å². The first-order chi connectivity index (χ1) is 10.6. The maximum absolute atomic E-state index is 12.9. The van der Waals surface area contributed by atoms with E-state index < -0.39 is 10.0 Å². The highest BCUT2D eigenvalue weighted by molar-refractivity contribution is 7.89. The van der Waals surface area contributed by atoms with Crippen LogP contribution in [0.1, 0.15) is 30.2 Å². The van der Waals surface area contributed by atoms with Crippen LogP contribution in [0.4, 0.5) is 0 Å². The number of aryl methyl sites for hydroxylation is 1. The first-order valence-electron chi connectivity index (χ1n) is 7.74. The monoisotopic (exact) mass is 335 g/mol. The van der Waals surface area contributed by atoms with Crippen molar-refractivity contribution in [3.8, 4) is 0 Å². The summed E-state index contributed by atoms with van der Waals surface area (Å²) in [6.07, 6.45) is 3.68. The van der Waals surface area contributed by atoms with Gasteiger partial charge in [0, 0.05) is 17.5 Å². The molecule has 1 aromatic carbocycles. The molecular formula is C17H21NO2S2. The van der Waals surface area contributed by atoms with Gasteiger partial charge in [0.05, 0.1) is 4.90 Å². The molecule has 1 aromatic heterocycles. The molecule has 0 unspecified atom stereocenters. The molecular weight excluding hydrogens is 314 g/mol. The quantitative estimate of drug-likeness (QED) is 0.773. The Labute approximate surface area is 136 Å². The van der Waals surface area contributed by atoms with E-state index >= 15 is 0 Å². The fourth-order valence-electron chi connectivity index (χ4n) is 2.57. The lowest BCUT2D eigenvalue weighted by molar-refractivity contribution is 0.408. The third-order valence-corrected chi connectivity index (χ3v) is 6.95. The molecule has 1 saturated carbocycles. The zero-order chi connectivity index (χ0) is 15.6. The van der Waals surface area contributed by atoms with E-state index in [2.05, 4.69) is 13.0 Å². The Kier molecular flexibility index (Phi) is 4.66. The highest BCUT2D eigenvalue weighted by Crippen LogP contribution is 2.32. The van der Waals surface area contributed by atoms with Crippen molar-refractivity contribution < 1.29 is 8.42 Å². The predicted octanol–water partition coefficient (Wildman–Crippen LogP) is 3.71. The van der Waals surface area contributed by atoms with Gasteiger partial charge in [-0.15, -0.1) is 11.3 Å². The van der Waals surface area contributed by atoms with Crippen molar-refractivity contribution in [2.75, 3.05) is 6.54 Å². The van der Waals surface area contributed by atoms with Gasteiger partial charge in [0.1, 0.15) is 0 Å². The van der Waals surface area contributed by atoms with E-state index in [0.717, 1.165) is 31.2 Å². The number of hydrogen-bond acceptors (Lipinski definition) is 3. The van der Waals surface area contributed by atoms with Gasteiger partial charge in [-0.2, -0.15) is 4.31 Å². The van der Waals surface area contributed by atoms with Gasteiger partial charge in [0.15, 0.2) is 0 Å². The molecule has 2 aromatic rings. The van der Waals surface area contributed by atoms with Crippen LogP contribution in [-0.2, 0) is 22.9 Å². The van der Waals surface area contributed by atoms with Crippen molar-refractivity contribution in [2.45, 2.75) is 43.5 Å². The number of rotatable bonds is 7. The van der Waals surface area contributed by atoms with Gasteiger partial charge in [-0.05, 0) is 54.8 Å². The Bertz CT molecular complexity index is 702. The van der Waals surface area contributed by atoms with E-state index in [1.54, 1.807) is 27.8 Å². The Morgan fingerprint density at radius 2 is 1.91 bits per heavy atom. The summed E-state index contributed by atoms with van der Waals surface area (Å²) in [4.78, 5) is 1.66. The van der Waals surface area contributed by atoms with Gasteiger partial charge in [-0.3, -0.25) is 0 Å². The molecule has 3 nitrogen and oxygen atoms in total. The number of hydrogen-bond donors (Lipinski definition) is 0. The predicted molar refractivity (Wildman–Crippen MR) is 90.8 cm³/mol. The van der Waals surface area contributed by atoms with Crippen molar-refractivity contribution in [2.24, 2.45) is 0 Å². The van der Waals surface area contributed by atoms with Crippen LogP contribution in [0.15, 0.2) is 46.7 Å². The normalized spacial score (nSPS) is 15.4. The SMILES string of the molecule is CCc1ccc(S(=O)(=O)N(CCc2cccs2)C2CC2)cc1. The minimum atomic E-state index is -3.38. The maximum atomic E-state index is 12.9. The van der Waals surface area contributed by atoms with Gasteiger partial charge in [0.25, 0.3) is 0 Å². The fraction of sp³-hybridized carbons (Fsp3) is 0.412. The summed E-state index contributed by atoms with van der Waals surface area (Å²) < 4.78 is 27.5. The summed E-state index contributed by atoms with van der Waals surface area (Å²) in [6.45, 7) is 2.64. The van der Waals surface area contributed by atoms with E-state index in [0.29, 0.717) is 11.4 Å². The van der Waals surface area contributed by atoms with Gasteiger partial charge in [0.2, 0.25) is 10.0 Å². The van der Waals surface area contributed by atoms with Crippen LogP contribution in [0.2, 0.25) is 0 Å². The first kappa shape index (κ1) is 15.7. The molecule has 1 aliphatic carbocycles. The molecule has 0 spiro atoms. The number of benzene rings is 1. The molecule has 1 heterocycles. The van der Waals surface area contributed by atoms with Gasteiger partial charge < -0.3 is 0 Å². The molecule has 5 heteroatoms. The largest absolute Gasteiger partial charge is 0.243 e. The Morgan fingerprint density at radius 1 is 1.18 bits per heavy atom. The second-order valence-corrected chi connectivity index (χ2v) is 8.60. The summed E-state index contributed by atoms with van der Waals surface area (Å²) in [6, 6.07) is 11.6. The zero-order valence-electron chi connectivity index (χ0n) is 12.7. The molecule has 0 atom stereocenters. The third kappa shape index (κ3) is 3.42. The number of nitrogens with zero attached hydrogens (tertiary/aromatic N) is 1. The van der Waals surface area contributed by atoms with Crippen molar-refractivity contribution >= 4 is 21.4 Å². The van der Waals surface area contributed by atoms with Gasteiger partial charge in [-0.25, -0.2) is 8.42 Å². The molecule has 0 aliphatic heterocycles. The molecule has 0 N–H and O–H groups in total. The van der Waals surface area contributed by atoms with E-state index in [-0.39, 0.29) is 6.04 Å². The van der Waals surface area contributed by atoms with Crippen molar-refractivity contribution in [3.63, 3.8) is 0 Å². The standard InChI is InChI=1S/C17H21NO2S2/c1-2-14-5-9-17(10-6-14)22(19,20)18(15-7-8-15)12-11-16-4-3-13-21-16/h3-6,9-10,13,15H,2,7-8,11-12H2,1H3. The molecule has 0 saturated heterocycles. The first-order valence-corrected chi connectivity index (χ1v) is 10.1. The number of thiophene rings is 1. The number of sulfonamides is 1. The summed E-state index contributed by atoms with van der Waals surface area (Å²) in [5, 5.41) is 2.04. The Morgan fingerprint density at radius 3 is 2.45 bits per heavy atom. The van der Waals surface area contributed by atoms with Crippen molar-refractivity contribution in [1.82, 2.24) is 4.31 Å². The van der Waals surface area contributed by atoms with Crippen LogP contribution >= 0.6 is 11.3 Å². The zero-order valence-corrected chi connectivity index (χ0v) is 14.4. The summed E-state index contributed by atoms with van der Waals surface area (Å²) >= 11 is 1.69. The molecule has 22 heavy (non-hydrogen) atoms. The average Bonchev–Trinajstić information content (AvgIpc) is 3.22. The molecule has 1 aliphatic rings. The van der Waals surface area contributed by atoms with E-state index in [1.165, 1.54) is 4.88 Å². The van der Waals surface area contributed by atoms with E-state index in [1.807, 2.05) is 23.6 Å². The van der Waals surface area contributed by atoms with E-state index in [9.17, 15) is 8.42 Å². The molecule has 3 rings (SSSR count). The highest BCUT2D eigenvalue weighted by Gasteiger charge is 2.37. The summed E-state index contributed by atoms with van der Waals surface area (Å²) in [5.41, 5.74) is 1.16. The minimum absolute atomic E-state index is 0.191. The second kappa shape index (κ2) is 6.52.